The van der Waals surface area contributed by atoms with Gasteiger partial charge in [-0.25, -0.2) is 0 Å². The van der Waals surface area contributed by atoms with Crippen molar-refractivity contribution in [3.8, 4) is 23.1 Å². The molecule has 1 aromatic heterocycles. The van der Waals surface area contributed by atoms with Gasteiger partial charge in [0.05, 0.1) is 12.7 Å². The van der Waals surface area contributed by atoms with Crippen LogP contribution in [0.2, 0.25) is 5.28 Å². The van der Waals surface area contributed by atoms with Crippen molar-refractivity contribution in [3.05, 3.63) is 29.5 Å². The highest BCUT2D eigenvalue weighted by molar-refractivity contribution is 6.28. The predicted octanol–water partition coefficient (Wildman–Crippen LogP) is 3.52. The molecule has 110 valence electrons. The predicted molar refractivity (Wildman–Crippen MR) is 79.7 cm³/mol. The fraction of sp³-hybridized carbons (Fsp3) is 0.400. The Hall–Kier alpha value is -1.88. The van der Waals surface area contributed by atoms with Gasteiger partial charge in [-0.3, -0.25) is 0 Å². The first-order chi connectivity index (χ1) is 10.2. The molecule has 0 amide bonds. The largest absolute Gasteiger partial charge is 0.490 e. The summed E-state index contributed by atoms with van der Waals surface area (Å²) in [5.74, 6) is 1.36. The Morgan fingerprint density at radius 3 is 2.57 bits per heavy atom. The molecule has 21 heavy (non-hydrogen) atoms. The molecule has 0 N–H and O–H groups in total. The first-order valence-corrected chi connectivity index (χ1v) is 7.44. The molecule has 0 bridgehead atoms. The molecule has 1 heterocycles. The third-order valence-corrected chi connectivity index (χ3v) is 3.13. The number of aromatic nitrogens is 3. The van der Waals surface area contributed by atoms with E-state index in [0.717, 1.165) is 30.6 Å². The summed E-state index contributed by atoms with van der Waals surface area (Å²) in [5.41, 5.74) is 0.851. The smallest absolute Gasteiger partial charge is 0.321 e. The Kier molecular flexibility index (Phi) is 4.20. The second-order valence-corrected chi connectivity index (χ2v) is 5.24. The Morgan fingerprint density at radius 1 is 1.14 bits per heavy atom. The van der Waals surface area contributed by atoms with E-state index in [-0.39, 0.29) is 11.3 Å². The zero-order chi connectivity index (χ0) is 14.7. The minimum atomic E-state index is 0.129. The first-order valence-electron chi connectivity index (χ1n) is 7.06. The van der Waals surface area contributed by atoms with Crippen molar-refractivity contribution in [2.24, 2.45) is 0 Å². The van der Waals surface area contributed by atoms with Crippen LogP contribution in [0, 0.1) is 0 Å². The van der Waals surface area contributed by atoms with Gasteiger partial charge in [0.1, 0.15) is 5.75 Å². The number of hydrogen-bond donors (Lipinski definition) is 0. The van der Waals surface area contributed by atoms with Crippen LogP contribution in [0.1, 0.15) is 26.2 Å². The van der Waals surface area contributed by atoms with Gasteiger partial charge in [-0.1, -0.05) is 6.92 Å². The van der Waals surface area contributed by atoms with E-state index >= 15 is 0 Å². The summed E-state index contributed by atoms with van der Waals surface area (Å²) >= 11 is 5.92. The van der Waals surface area contributed by atoms with Crippen LogP contribution in [0.3, 0.4) is 0 Å². The molecular weight excluding hydrogens is 290 g/mol. The highest BCUT2D eigenvalue weighted by Crippen LogP contribution is 2.28. The lowest BCUT2D eigenvalue weighted by molar-refractivity contribution is 0.291. The fourth-order valence-corrected chi connectivity index (χ4v) is 1.93. The maximum atomic E-state index is 5.92. The molecule has 1 aromatic carbocycles. The van der Waals surface area contributed by atoms with Crippen LogP contribution >= 0.6 is 11.6 Å². The minimum Gasteiger partial charge on any atom is -0.490 e. The average Bonchev–Trinajstić information content (AvgIpc) is 3.29. The lowest BCUT2D eigenvalue weighted by Crippen LogP contribution is -2.03. The highest BCUT2D eigenvalue weighted by atomic mass is 35.5. The number of hydrogen-bond acceptors (Lipinski definition) is 5. The van der Waals surface area contributed by atoms with Crippen molar-refractivity contribution in [1.29, 1.82) is 0 Å². The van der Waals surface area contributed by atoms with Crippen molar-refractivity contribution in [3.63, 3.8) is 0 Å². The van der Waals surface area contributed by atoms with Crippen LogP contribution in [0.25, 0.3) is 11.4 Å². The molecule has 0 radical (unpaired) electrons. The average molecular weight is 306 g/mol. The Bertz CT molecular complexity index is 615. The van der Waals surface area contributed by atoms with E-state index in [2.05, 4.69) is 15.0 Å². The molecule has 0 saturated heterocycles. The quantitative estimate of drug-likeness (QED) is 0.817. The van der Waals surface area contributed by atoms with Gasteiger partial charge in [0.2, 0.25) is 5.28 Å². The van der Waals surface area contributed by atoms with Gasteiger partial charge < -0.3 is 9.47 Å². The van der Waals surface area contributed by atoms with Gasteiger partial charge in [0.15, 0.2) is 5.82 Å². The number of nitrogens with zero attached hydrogens (tertiary/aromatic N) is 3. The molecule has 0 atom stereocenters. The number of ether oxygens (including phenoxy) is 2. The highest BCUT2D eigenvalue weighted by Gasteiger charge is 2.23. The summed E-state index contributed by atoms with van der Waals surface area (Å²) in [5, 5.41) is 0.129. The molecule has 0 aliphatic heterocycles. The van der Waals surface area contributed by atoms with E-state index in [1.807, 2.05) is 31.2 Å². The van der Waals surface area contributed by atoms with E-state index in [1.165, 1.54) is 0 Å². The molecule has 0 spiro atoms. The topological polar surface area (TPSA) is 57.1 Å². The second kappa shape index (κ2) is 6.26. The third kappa shape index (κ3) is 3.82. The number of rotatable bonds is 6. The summed E-state index contributed by atoms with van der Waals surface area (Å²) in [4.78, 5) is 12.4. The fourth-order valence-electron chi connectivity index (χ4n) is 1.78. The van der Waals surface area contributed by atoms with Gasteiger partial charge in [0.25, 0.3) is 0 Å². The van der Waals surface area contributed by atoms with Crippen LogP contribution in [0.4, 0.5) is 0 Å². The molecular formula is C15H16ClN3O2. The van der Waals surface area contributed by atoms with Crippen LogP contribution in [0.15, 0.2) is 24.3 Å². The van der Waals surface area contributed by atoms with Gasteiger partial charge in [0, 0.05) is 5.56 Å². The van der Waals surface area contributed by atoms with Crippen LogP contribution in [0.5, 0.6) is 11.8 Å². The maximum Gasteiger partial charge on any atom is 0.321 e. The molecule has 1 saturated carbocycles. The van der Waals surface area contributed by atoms with E-state index < -0.39 is 0 Å². The Balaban J connectivity index is 1.79. The monoisotopic (exact) mass is 305 g/mol. The SMILES string of the molecule is CCCOc1nc(Cl)nc(-c2ccc(OC3CC3)cc2)n1. The second-order valence-electron chi connectivity index (χ2n) is 4.90. The number of benzene rings is 1. The molecule has 5 nitrogen and oxygen atoms in total. The van der Waals surface area contributed by atoms with Gasteiger partial charge in [-0.2, -0.15) is 15.0 Å². The molecule has 3 rings (SSSR count). The van der Waals surface area contributed by atoms with E-state index in [4.69, 9.17) is 21.1 Å². The minimum absolute atomic E-state index is 0.129. The van der Waals surface area contributed by atoms with Crippen molar-refractivity contribution in [2.75, 3.05) is 6.61 Å². The first kappa shape index (κ1) is 14.1. The molecule has 1 aliphatic carbocycles. The molecule has 1 fully saturated rings. The van der Waals surface area contributed by atoms with Crippen molar-refractivity contribution < 1.29 is 9.47 Å². The zero-order valence-electron chi connectivity index (χ0n) is 11.8. The van der Waals surface area contributed by atoms with E-state index in [1.54, 1.807) is 0 Å². The summed E-state index contributed by atoms with van der Waals surface area (Å²) in [6, 6.07) is 7.90. The van der Waals surface area contributed by atoms with Gasteiger partial charge in [-0.05, 0) is 55.1 Å². The summed E-state index contributed by atoms with van der Waals surface area (Å²) in [7, 11) is 0. The van der Waals surface area contributed by atoms with E-state index in [0.29, 0.717) is 18.5 Å². The molecule has 0 unspecified atom stereocenters. The summed E-state index contributed by atoms with van der Waals surface area (Å²) in [6.45, 7) is 2.57. The number of halogens is 1. The standard InChI is InChI=1S/C15H16ClN3O2/c1-2-9-20-15-18-13(17-14(16)19-15)10-3-5-11(6-4-10)21-12-7-8-12/h3-6,12H,2,7-9H2,1H3. The van der Waals surface area contributed by atoms with Crippen LogP contribution < -0.4 is 9.47 Å². The van der Waals surface area contributed by atoms with Crippen molar-refractivity contribution in [2.45, 2.75) is 32.3 Å². The van der Waals surface area contributed by atoms with Crippen LogP contribution in [-0.4, -0.2) is 27.7 Å². The Morgan fingerprint density at radius 2 is 1.90 bits per heavy atom. The normalized spacial score (nSPS) is 14.0. The lowest BCUT2D eigenvalue weighted by Gasteiger charge is -2.07. The third-order valence-electron chi connectivity index (χ3n) is 2.96. The maximum absolute atomic E-state index is 5.92. The van der Waals surface area contributed by atoms with Gasteiger partial charge in [-0.15, -0.1) is 0 Å². The van der Waals surface area contributed by atoms with Gasteiger partial charge >= 0.3 is 6.01 Å². The summed E-state index contributed by atoms with van der Waals surface area (Å²) < 4.78 is 11.1. The van der Waals surface area contributed by atoms with Crippen LogP contribution in [-0.2, 0) is 0 Å². The lowest BCUT2D eigenvalue weighted by atomic mass is 10.2. The Labute approximate surface area is 128 Å². The van der Waals surface area contributed by atoms with E-state index in [9.17, 15) is 0 Å². The summed E-state index contributed by atoms with van der Waals surface area (Å²) in [6.07, 6.45) is 3.55. The van der Waals surface area contributed by atoms with Crippen molar-refractivity contribution in [1.82, 2.24) is 15.0 Å². The van der Waals surface area contributed by atoms with Crippen molar-refractivity contribution >= 4 is 11.6 Å². The molecule has 6 heteroatoms. The zero-order valence-corrected chi connectivity index (χ0v) is 12.5. The molecule has 1 aliphatic rings. The molecule has 2 aromatic rings.